The Morgan fingerprint density at radius 2 is 2.24 bits per heavy atom. The third-order valence-corrected chi connectivity index (χ3v) is 3.13. The Morgan fingerprint density at radius 3 is 2.82 bits per heavy atom. The van der Waals surface area contributed by atoms with Crippen molar-refractivity contribution in [3.05, 3.63) is 16.1 Å². The molecule has 4 nitrogen and oxygen atoms in total. The number of nitrogens with zero attached hydrogens (tertiary/aromatic N) is 2. The van der Waals surface area contributed by atoms with Crippen molar-refractivity contribution in [2.45, 2.75) is 40.2 Å². The molecule has 1 rings (SSSR count). The molecule has 0 saturated carbocycles. The summed E-state index contributed by atoms with van der Waals surface area (Å²) < 4.78 is 0. The molecule has 0 bridgehead atoms. The molecular formula is C12H22N4S. The van der Waals surface area contributed by atoms with E-state index in [1.54, 1.807) is 11.3 Å². The van der Waals surface area contributed by atoms with E-state index in [4.69, 9.17) is 0 Å². The summed E-state index contributed by atoms with van der Waals surface area (Å²) in [6.45, 7) is 8.85. The molecule has 0 aliphatic rings. The van der Waals surface area contributed by atoms with Gasteiger partial charge in [-0.3, -0.25) is 0 Å². The minimum absolute atomic E-state index is 0.701. The summed E-state index contributed by atoms with van der Waals surface area (Å²) in [4.78, 5) is 9.96. The van der Waals surface area contributed by atoms with Crippen LogP contribution in [0.15, 0.2) is 11.2 Å². The number of rotatable bonds is 6. The molecule has 0 fully saturated rings. The van der Waals surface area contributed by atoms with Crippen LogP contribution in [0.4, 0.5) is 0 Å². The van der Waals surface area contributed by atoms with Crippen molar-refractivity contribution in [3.63, 3.8) is 0 Å². The number of hydrogen-bond donors (Lipinski definition) is 2. The zero-order valence-electron chi connectivity index (χ0n) is 10.9. The highest BCUT2D eigenvalue weighted by atomic mass is 32.1. The fourth-order valence-corrected chi connectivity index (χ4v) is 2.08. The fraction of sp³-hybridized carbons (Fsp3) is 0.667. The van der Waals surface area contributed by atoms with Crippen molar-refractivity contribution < 1.29 is 0 Å². The third kappa shape index (κ3) is 5.68. The smallest absolute Gasteiger partial charge is 0.191 e. The number of aryl methyl sites for hydroxylation is 1. The van der Waals surface area contributed by atoms with Crippen LogP contribution in [0, 0.1) is 6.92 Å². The van der Waals surface area contributed by atoms with E-state index in [2.05, 4.69) is 34.5 Å². The first-order valence-electron chi connectivity index (χ1n) is 6.19. The average Bonchev–Trinajstić information content (AvgIpc) is 2.72. The number of nitrogens with one attached hydrogen (secondary N) is 2. The van der Waals surface area contributed by atoms with Crippen molar-refractivity contribution in [3.8, 4) is 0 Å². The molecule has 1 aromatic heterocycles. The van der Waals surface area contributed by atoms with Gasteiger partial charge in [-0.15, -0.1) is 11.3 Å². The first kappa shape index (κ1) is 14.0. The van der Waals surface area contributed by atoms with Gasteiger partial charge in [0.2, 0.25) is 0 Å². The van der Waals surface area contributed by atoms with Crippen LogP contribution in [0.2, 0.25) is 0 Å². The summed E-state index contributed by atoms with van der Waals surface area (Å²) in [5, 5.41) is 7.66. The van der Waals surface area contributed by atoms with Gasteiger partial charge in [-0.2, -0.15) is 0 Å². The summed E-state index contributed by atoms with van der Waals surface area (Å²) in [6.07, 6.45) is 4.27. The summed E-state index contributed by atoms with van der Waals surface area (Å²) >= 11 is 1.70. The molecule has 1 aromatic rings. The predicted molar refractivity (Wildman–Crippen MR) is 74.6 cm³/mol. The first-order valence-corrected chi connectivity index (χ1v) is 7.01. The summed E-state index contributed by atoms with van der Waals surface area (Å²) in [5.74, 6) is 0.895. The highest BCUT2D eigenvalue weighted by Crippen LogP contribution is 2.12. The van der Waals surface area contributed by atoms with E-state index in [9.17, 15) is 0 Å². The van der Waals surface area contributed by atoms with Crippen LogP contribution in [0.3, 0.4) is 0 Å². The average molecular weight is 254 g/mol. The van der Waals surface area contributed by atoms with Gasteiger partial charge in [-0.25, -0.2) is 9.98 Å². The van der Waals surface area contributed by atoms with Gasteiger partial charge >= 0.3 is 0 Å². The highest BCUT2D eigenvalue weighted by molar-refractivity contribution is 7.11. The lowest BCUT2D eigenvalue weighted by Crippen LogP contribution is -2.37. The van der Waals surface area contributed by atoms with Gasteiger partial charge < -0.3 is 10.6 Å². The second-order valence-electron chi connectivity index (χ2n) is 3.82. The van der Waals surface area contributed by atoms with E-state index in [0.29, 0.717) is 6.54 Å². The van der Waals surface area contributed by atoms with E-state index < -0.39 is 0 Å². The van der Waals surface area contributed by atoms with Crippen molar-refractivity contribution >= 4 is 17.3 Å². The lowest BCUT2D eigenvalue weighted by Gasteiger charge is -2.10. The van der Waals surface area contributed by atoms with Crippen molar-refractivity contribution in [2.24, 2.45) is 4.99 Å². The van der Waals surface area contributed by atoms with Gasteiger partial charge in [0.25, 0.3) is 0 Å². The Labute approximate surface area is 108 Å². The summed E-state index contributed by atoms with van der Waals surface area (Å²) in [5.41, 5.74) is 0. The molecule has 0 saturated heterocycles. The Morgan fingerprint density at radius 1 is 1.41 bits per heavy atom. The zero-order chi connectivity index (χ0) is 12.5. The molecule has 0 atom stereocenters. The van der Waals surface area contributed by atoms with Gasteiger partial charge in [0.1, 0.15) is 0 Å². The molecule has 0 amide bonds. The van der Waals surface area contributed by atoms with Crippen molar-refractivity contribution in [2.75, 3.05) is 13.1 Å². The molecule has 5 heteroatoms. The molecule has 96 valence electrons. The lowest BCUT2D eigenvalue weighted by atomic mass is 10.3. The number of aliphatic imine (C=N–C) groups is 1. The normalized spacial score (nSPS) is 11.6. The lowest BCUT2D eigenvalue weighted by molar-refractivity contribution is 0.730. The summed E-state index contributed by atoms with van der Waals surface area (Å²) in [6, 6.07) is 0. The van der Waals surface area contributed by atoms with E-state index in [0.717, 1.165) is 24.1 Å². The molecule has 0 aliphatic heterocycles. The van der Waals surface area contributed by atoms with Crippen molar-refractivity contribution in [1.29, 1.82) is 0 Å². The van der Waals surface area contributed by atoms with Crippen molar-refractivity contribution in [1.82, 2.24) is 15.6 Å². The molecule has 0 spiro atoms. The quantitative estimate of drug-likeness (QED) is 0.465. The molecule has 0 aliphatic carbocycles. The van der Waals surface area contributed by atoms with E-state index in [1.807, 2.05) is 13.1 Å². The monoisotopic (exact) mass is 254 g/mol. The Balaban J connectivity index is 2.44. The molecule has 0 radical (unpaired) electrons. The second-order valence-corrected chi connectivity index (χ2v) is 5.14. The first-order chi connectivity index (χ1) is 8.26. The molecule has 1 heterocycles. The number of thiazole rings is 1. The third-order valence-electron chi connectivity index (χ3n) is 2.23. The van der Waals surface area contributed by atoms with Crippen LogP contribution >= 0.6 is 11.3 Å². The highest BCUT2D eigenvalue weighted by Gasteiger charge is 1.99. The largest absolute Gasteiger partial charge is 0.357 e. The van der Waals surface area contributed by atoms with Gasteiger partial charge in [-0.05, 0) is 20.3 Å². The number of guanidine groups is 1. The molecule has 2 N–H and O–H groups in total. The van der Waals surface area contributed by atoms with Crippen LogP contribution < -0.4 is 10.6 Å². The van der Waals surface area contributed by atoms with E-state index in [1.165, 1.54) is 17.7 Å². The zero-order valence-corrected chi connectivity index (χ0v) is 11.7. The molecular weight excluding hydrogens is 232 g/mol. The van der Waals surface area contributed by atoms with Crippen LogP contribution in [-0.4, -0.2) is 24.0 Å². The number of unbranched alkanes of at least 4 members (excludes halogenated alkanes) is 1. The van der Waals surface area contributed by atoms with E-state index >= 15 is 0 Å². The molecule has 0 aromatic carbocycles. The van der Waals surface area contributed by atoms with Crippen LogP contribution in [-0.2, 0) is 6.54 Å². The molecule has 0 unspecified atom stereocenters. The summed E-state index contributed by atoms with van der Waals surface area (Å²) in [7, 11) is 0. The second kappa shape index (κ2) is 8.06. The predicted octanol–water partition coefficient (Wildman–Crippen LogP) is 2.31. The minimum atomic E-state index is 0.701. The molecule has 17 heavy (non-hydrogen) atoms. The standard InChI is InChI=1S/C12H22N4S/c1-4-6-7-14-12(13-5-2)16-9-11-8-15-10(3)17-11/h8H,4-7,9H2,1-3H3,(H2,13,14,16). The maximum atomic E-state index is 4.53. The topological polar surface area (TPSA) is 49.3 Å². The Bertz CT molecular complexity index is 346. The van der Waals surface area contributed by atoms with Gasteiger partial charge in [0.05, 0.1) is 11.6 Å². The van der Waals surface area contributed by atoms with Crippen LogP contribution in [0.25, 0.3) is 0 Å². The maximum absolute atomic E-state index is 4.53. The SMILES string of the molecule is CCCCNC(=NCc1cnc(C)s1)NCC. The van der Waals surface area contributed by atoms with Gasteiger partial charge in [0.15, 0.2) is 5.96 Å². The van der Waals surface area contributed by atoms with Crippen LogP contribution in [0.1, 0.15) is 36.6 Å². The minimum Gasteiger partial charge on any atom is -0.357 e. The van der Waals surface area contributed by atoms with E-state index in [-0.39, 0.29) is 0 Å². The maximum Gasteiger partial charge on any atom is 0.191 e. The van der Waals surface area contributed by atoms with Crippen LogP contribution in [0.5, 0.6) is 0 Å². The number of hydrogen-bond acceptors (Lipinski definition) is 3. The Kier molecular flexibility index (Phi) is 6.62. The van der Waals surface area contributed by atoms with Gasteiger partial charge in [0, 0.05) is 24.2 Å². The Hall–Kier alpha value is -1.10. The fourth-order valence-electron chi connectivity index (χ4n) is 1.36. The number of aromatic nitrogens is 1. The van der Waals surface area contributed by atoms with Gasteiger partial charge in [-0.1, -0.05) is 13.3 Å².